The van der Waals surface area contributed by atoms with E-state index in [1.807, 2.05) is 17.5 Å². The molecule has 1 aromatic carbocycles. The lowest BCUT2D eigenvalue weighted by atomic mass is 10.3. The van der Waals surface area contributed by atoms with Crippen LogP contribution in [-0.2, 0) is 20.9 Å². The smallest absolute Gasteiger partial charge is 0.330 e. The second-order valence-corrected chi connectivity index (χ2v) is 5.79. The van der Waals surface area contributed by atoms with Crippen molar-refractivity contribution in [1.29, 1.82) is 0 Å². The van der Waals surface area contributed by atoms with Gasteiger partial charge in [0.25, 0.3) is 5.91 Å². The summed E-state index contributed by atoms with van der Waals surface area (Å²) in [4.78, 5) is 25.3. The van der Waals surface area contributed by atoms with Gasteiger partial charge in [-0.05, 0) is 34.9 Å². The molecule has 8 nitrogen and oxygen atoms in total. The van der Waals surface area contributed by atoms with E-state index in [1.165, 1.54) is 29.5 Å². The zero-order chi connectivity index (χ0) is 17.6. The number of nitrogens with zero attached hydrogens (tertiary/aromatic N) is 4. The monoisotopic (exact) mass is 361 g/mol. The predicted octanol–water partition coefficient (Wildman–Crippen LogP) is 1.72. The van der Waals surface area contributed by atoms with Gasteiger partial charge in [0.2, 0.25) is 5.82 Å². The van der Waals surface area contributed by atoms with Crippen molar-refractivity contribution in [2.75, 3.05) is 11.9 Å². The average molecular weight is 361 g/mol. The highest BCUT2D eigenvalue weighted by molar-refractivity contribution is 7.13. The first-order valence-electron chi connectivity index (χ1n) is 7.13. The second-order valence-electron chi connectivity index (χ2n) is 4.84. The summed E-state index contributed by atoms with van der Waals surface area (Å²) in [5.41, 5.74) is 0.277. The highest BCUT2D eigenvalue weighted by atomic mass is 32.1. The number of carbonyl (C=O) groups excluding carboxylic acids is 2. The van der Waals surface area contributed by atoms with Crippen molar-refractivity contribution in [2.45, 2.75) is 6.54 Å². The van der Waals surface area contributed by atoms with E-state index < -0.39 is 24.3 Å². The molecule has 0 saturated carbocycles. The number of hydrogen-bond acceptors (Lipinski definition) is 7. The summed E-state index contributed by atoms with van der Waals surface area (Å²) in [6.07, 6.45) is 0. The lowest BCUT2D eigenvalue weighted by molar-refractivity contribution is -0.148. The third-order valence-electron chi connectivity index (χ3n) is 2.94. The average Bonchev–Trinajstić information content (AvgIpc) is 3.24. The number of carbonyl (C=O) groups is 2. The van der Waals surface area contributed by atoms with E-state index in [1.54, 1.807) is 0 Å². The second kappa shape index (κ2) is 7.62. The molecule has 0 fully saturated rings. The third-order valence-corrected chi connectivity index (χ3v) is 3.80. The molecule has 0 atom stereocenters. The maximum absolute atomic E-state index is 13.0. The Hall–Kier alpha value is -3.14. The van der Waals surface area contributed by atoms with Crippen molar-refractivity contribution >= 4 is 28.9 Å². The van der Waals surface area contributed by atoms with E-state index in [9.17, 15) is 14.0 Å². The molecule has 10 heteroatoms. The molecular formula is C15H12FN5O3S. The fourth-order valence-corrected chi connectivity index (χ4v) is 2.53. The highest BCUT2D eigenvalue weighted by Gasteiger charge is 2.12. The van der Waals surface area contributed by atoms with Crippen LogP contribution in [0.15, 0.2) is 41.8 Å². The lowest BCUT2D eigenvalue weighted by Crippen LogP contribution is -2.23. The van der Waals surface area contributed by atoms with Crippen LogP contribution in [0.1, 0.15) is 0 Å². The number of anilines is 1. The maximum Gasteiger partial charge on any atom is 0.330 e. The van der Waals surface area contributed by atoms with E-state index in [-0.39, 0.29) is 12.2 Å². The van der Waals surface area contributed by atoms with Gasteiger partial charge in [-0.3, -0.25) is 4.79 Å². The van der Waals surface area contributed by atoms with Gasteiger partial charge in [0.15, 0.2) is 13.2 Å². The van der Waals surface area contributed by atoms with Crippen molar-refractivity contribution < 1.29 is 18.7 Å². The van der Waals surface area contributed by atoms with Crippen LogP contribution in [0.3, 0.4) is 0 Å². The minimum Gasteiger partial charge on any atom is -0.454 e. The number of amides is 1. The van der Waals surface area contributed by atoms with E-state index in [0.29, 0.717) is 5.82 Å². The first-order chi connectivity index (χ1) is 12.1. The zero-order valence-electron chi connectivity index (χ0n) is 12.8. The predicted molar refractivity (Wildman–Crippen MR) is 87.1 cm³/mol. The van der Waals surface area contributed by atoms with Crippen molar-refractivity contribution in [3.05, 3.63) is 47.6 Å². The van der Waals surface area contributed by atoms with Crippen LogP contribution < -0.4 is 5.32 Å². The van der Waals surface area contributed by atoms with Crippen LogP contribution in [0.25, 0.3) is 10.7 Å². The summed E-state index contributed by atoms with van der Waals surface area (Å²) in [6.45, 7) is -0.770. The normalized spacial score (nSPS) is 10.4. The Balaban J connectivity index is 1.47. The number of halogens is 1. The summed E-state index contributed by atoms with van der Waals surface area (Å²) in [7, 11) is 0. The molecule has 128 valence electrons. The molecule has 0 aliphatic rings. The molecule has 2 heterocycles. The summed E-state index contributed by atoms with van der Waals surface area (Å²) in [5.74, 6) is -1.34. The number of thiophene rings is 1. The van der Waals surface area contributed by atoms with Crippen molar-refractivity contribution in [3.8, 4) is 10.7 Å². The summed E-state index contributed by atoms with van der Waals surface area (Å²) >= 11 is 1.45. The number of esters is 1. The van der Waals surface area contributed by atoms with Crippen LogP contribution in [0.4, 0.5) is 10.1 Å². The number of hydrogen-bond donors (Lipinski definition) is 1. The van der Waals surface area contributed by atoms with E-state index in [0.717, 1.165) is 15.7 Å². The maximum atomic E-state index is 13.0. The zero-order valence-corrected chi connectivity index (χ0v) is 13.6. The summed E-state index contributed by atoms with van der Waals surface area (Å²) in [6, 6.07) is 9.08. The van der Waals surface area contributed by atoms with Crippen LogP contribution in [-0.4, -0.2) is 38.7 Å². The molecule has 0 unspecified atom stereocenters. The van der Waals surface area contributed by atoms with Gasteiger partial charge >= 0.3 is 5.97 Å². The van der Waals surface area contributed by atoms with Crippen LogP contribution in [0.5, 0.6) is 0 Å². The molecule has 0 bridgehead atoms. The van der Waals surface area contributed by atoms with Crippen LogP contribution in [0, 0.1) is 5.82 Å². The van der Waals surface area contributed by atoms with Gasteiger partial charge in [-0.1, -0.05) is 12.1 Å². The molecule has 0 saturated heterocycles. The molecule has 0 radical (unpaired) electrons. The van der Waals surface area contributed by atoms with E-state index >= 15 is 0 Å². The van der Waals surface area contributed by atoms with Crippen molar-refractivity contribution in [2.24, 2.45) is 0 Å². The topological polar surface area (TPSA) is 99.0 Å². The largest absolute Gasteiger partial charge is 0.454 e. The van der Waals surface area contributed by atoms with E-state index in [4.69, 9.17) is 4.74 Å². The van der Waals surface area contributed by atoms with Gasteiger partial charge in [0, 0.05) is 5.69 Å². The number of rotatable bonds is 6. The van der Waals surface area contributed by atoms with Crippen LogP contribution in [0.2, 0.25) is 0 Å². The SMILES string of the molecule is O=C(COC(=O)Cn1nnc(-c2cccs2)n1)Nc1cccc(F)c1. The summed E-state index contributed by atoms with van der Waals surface area (Å²) < 4.78 is 17.9. The van der Waals surface area contributed by atoms with Gasteiger partial charge in [-0.25, -0.2) is 9.18 Å². The molecular weight excluding hydrogens is 349 g/mol. The molecule has 0 aliphatic carbocycles. The van der Waals surface area contributed by atoms with E-state index in [2.05, 4.69) is 20.7 Å². The molecule has 0 aliphatic heterocycles. The fourth-order valence-electron chi connectivity index (χ4n) is 1.89. The highest BCUT2D eigenvalue weighted by Crippen LogP contribution is 2.19. The third kappa shape index (κ3) is 4.67. The number of ether oxygens (including phenoxy) is 1. The Bertz CT molecular complexity index is 881. The number of benzene rings is 1. The molecule has 2 aromatic heterocycles. The first-order valence-corrected chi connectivity index (χ1v) is 8.01. The Labute approximate surface area is 145 Å². The standard InChI is InChI=1S/C15H12FN5O3S/c16-10-3-1-4-11(7-10)17-13(22)9-24-14(23)8-21-19-15(18-20-21)12-5-2-6-25-12/h1-7H,8-9H2,(H,17,22). The quantitative estimate of drug-likeness (QED) is 0.671. The molecule has 25 heavy (non-hydrogen) atoms. The number of nitrogens with one attached hydrogen (secondary N) is 1. The first kappa shape index (κ1) is 16.7. The minimum absolute atomic E-state index is 0.272. The molecule has 3 aromatic rings. The molecule has 3 rings (SSSR count). The number of aromatic nitrogens is 4. The van der Waals surface area contributed by atoms with Gasteiger partial charge < -0.3 is 10.1 Å². The van der Waals surface area contributed by atoms with Gasteiger partial charge in [0.1, 0.15) is 5.82 Å². The summed E-state index contributed by atoms with van der Waals surface area (Å²) in [5, 5.41) is 16.0. The number of tetrazole rings is 1. The molecule has 1 amide bonds. The Morgan fingerprint density at radius 3 is 2.92 bits per heavy atom. The molecule has 1 N–H and O–H groups in total. The van der Waals surface area contributed by atoms with Gasteiger partial charge in [0.05, 0.1) is 4.88 Å². The van der Waals surface area contributed by atoms with Crippen molar-refractivity contribution in [1.82, 2.24) is 20.2 Å². The minimum atomic E-state index is -0.690. The fraction of sp³-hybridized carbons (Fsp3) is 0.133. The van der Waals surface area contributed by atoms with Gasteiger partial charge in [-0.2, -0.15) is 4.80 Å². The Morgan fingerprint density at radius 1 is 1.28 bits per heavy atom. The van der Waals surface area contributed by atoms with Gasteiger partial charge in [-0.15, -0.1) is 21.5 Å². The Kier molecular flexibility index (Phi) is 5.09. The molecule has 0 spiro atoms. The van der Waals surface area contributed by atoms with Crippen molar-refractivity contribution in [3.63, 3.8) is 0 Å². The van der Waals surface area contributed by atoms with Crippen LogP contribution >= 0.6 is 11.3 Å². The lowest BCUT2D eigenvalue weighted by Gasteiger charge is -2.06. The Morgan fingerprint density at radius 2 is 2.16 bits per heavy atom.